The topological polar surface area (TPSA) is 66.4 Å². The zero-order valence-electron chi connectivity index (χ0n) is 11.2. The Morgan fingerprint density at radius 3 is 2.67 bits per heavy atom. The molecule has 2 rings (SSSR count). The van der Waals surface area contributed by atoms with Gasteiger partial charge >= 0.3 is 0 Å². The molecule has 2 aromatic rings. The van der Waals surface area contributed by atoms with Crippen LogP contribution in [0, 0.1) is 0 Å². The molecule has 21 heavy (non-hydrogen) atoms. The first kappa shape index (κ1) is 16.9. The molecule has 116 valence electrons. The van der Waals surface area contributed by atoms with Gasteiger partial charge < -0.3 is 5.11 Å². The van der Waals surface area contributed by atoms with Crippen LogP contribution in [0.1, 0.15) is 24.3 Å². The van der Waals surface area contributed by atoms with Crippen molar-refractivity contribution in [1.29, 1.82) is 0 Å². The quantitative estimate of drug-likeness (QED) is 0.754. The van der Waals surface area contributed by atoms with Crippen LogP contribution in [0.2, 0.25) is 4.34 Å². The fraction of sp³-hybridized carbons (Fsp3) is 0.385. The van der Waals surface area contributed by atoms with Gasteiger partial charge in [-0.1, -0.05) is 11.6 Å². The number of hydrogen-bond acceptors (Lipinski definition) is 5. The van der Waals surface area contributed by atoms with Gasteiger partial charge in [0.25, 0.3) is 0 Å². The van der Waals surface area contributed by atoms with Crippen LogP contribution in [0.3, 0.4) is 0 Å². The third-order valence-corrected chi connectivity index (χ3v) is 6.98. The molecule has 0 aliphatic heterocycles. The predicted molar refractivity (Wildman–Crippen MR) is 87.9 cm³/mol. The maximum Gasteiger partial charge on any atom is 0.250 e. The smallest absolute Gasteiger partial charge is 0.250 e. The molecule has 0 spiro atoms. The molecule has 0 radical (unpaired) electrons. The van der Waals surface area contributed by atoms with Gasteiger partial charge in [-0.15, -0.1) is 11.3 Å². The minimum atomic E-state index is -3.49. The Kier molecular flexibility index (Phi) is 6.21. The van der Waals surface area contributed by atoms with E-state index in [-0.39, 0.29) is 16.7 Å². The number of aliphatic hydroxyl groups excluding tert-OH is 1. The number of sulfonamides is 1. The van der Waals surface area contributed by atoms with Crippen molar-refractivity contribution >= 4 is 44.3 Å². The van der Waals surface area contributed by atoms with Crippen LogP contribution in [0.4, 0.5) is 0 Å². The summed E-state index contributed by atoms with van der Waals surface area (Å²) in [4.78, 5) is 0. The Labute approximate surface area is 137 Å². The van der Waals surface area contributed by atoms with E-state index in [9.17, 15) is 8.42 Å². The molecule has 0 bridgehead atoms. The summed E-state index contributed by atoms with van der Waals surface area (Å²) in [5.41, 5.74) is 1.15. The molecule has 0 saturated carbocycles. The highest BCUT2D eigenvalue weighted by atomic mass is 35.5. The summed E-state index contributed by atoms with van der Waals surface area (Å²) >= 11 is 8.40. The van der Waals surface area contributed by atoms with E-state index in [4.69, 9.17) is 16.7 Å². The maximum atomic E-state index is 12.1. The van der Waals surface area contributed by atoms with Crippen molar-refractivity contribution in [2.45, 2.75) is 23.0 Å². The molecule has 0 aliphatic rings. The van der Waals surface area contributed by atoms with Gasteiger partial charge in [0.1, 0.15) is 4.21 Å². The van der Waals surface area contributed by atoms with Crippen LogP contribution in [-0.4, -0.2) is 26.7 Å². The molecule has 4 nitrogen and oxygen atoms in total. The molecule has 8 heteroatoms. The van der Waals surface area contributed by atoms with Crippen LogP contribution in [-0.2, 0) is 10.0 Å². The van der Waals surface area contributed by atoms with Crippen LogP contribution < -0.4 is 4.72 Å². The number of thiophene rings is 2. The average molecular weight is 366 g/mol. The van der Waals surface area contributed by atoms with Gasteiger partial charge in [-0.25, -0.2) is 13.1 Å². The summed E-state index contributed by atoms with van der Waals surface area (Å²) in [6.07, 6.45) is 1.28. The van der Waals surface area contributed by atoms with Crippen molar-refractivity contribution in [3.05, 3.63) is 38.9 Å². The number of hydrogen-bond donors (Lipinski definition) is 2. The van der Waals surface area contributed by atoms with Gasteiger partial charge in [0.15, 0.2) is 0 Å². The molecular weight excluding hydrogens is 350 g/mol. The molecule has 2 heterocycles. The summed E-state index contributed by atoms with van der Waals surface area (Å²) in [5.74, 6) is 0.163. The van der Waals surface area contributed by atoms with Crippen molar-refractivity contribution in [3.8, 4) is 0 Å². The van der Waals surface area contributed by atoms with Gasteiger partial charge in [-0.2, -0.15) is 11.3 Å². The first-order chi connectivity index (χ1) is 10.0. The Balaban J connectivity index is 1.93. The molecule has 0 amide bonds. The SMILES string of the molecule is O=S(=O)(NCC[C@H](CCO)c1ccsc1)c1ccc(Cl)s1. The van der Waals surface area contributed by atoms with E-state index in [1.165, 1.54) is 6.07 Å². The van der Waals surface area contributed by atoms with E-state index in [1.807, 2.05) is 16.8 Å². The lowest BCUT2D eigenvalue weighted by atomic mass is 9.95. The molecule has 2 N–H and O–H groups in total. The highest BCUT2D eigenvalue weighted by molar-refractivity contribution is 7.91. The largest absolute Gasteiger partial charge is 0.396 e. The summed E-state index contributed by atoms with van der Waals surface area (Å²) < 4.78 is 27.4. The van der Waals surface area contributed by atoms with Crippen molar-refractivity contribution in [2.24, 2.45) is 0 Å². The standard InChI is InChI=1S/C13H16ClNO3S3/c14-12-1-2-13(20-12)21(17,18)15-6-3-10(4-7-16)11-5-8-19-9-11/h1-2,5,8-10,15-16H,3-4,6-7H2/t10-/m1/s1. The minimum absolute atomic E-state index is 0.0911. The Bertz CT molecular complexity index is 652. The fourth-order valence-corrected chi connectivity index (χ4v) is 5.34. The van der Waals surface area contributed by atoms with E-state index in [2.05, 4.69) is 4.72 Å². The normalized spacial score (nSPS) is 13.4. The first-order valence-corrected chi connectivity index (χ1v) is 10.0. The summed E-state index contributed by atoms with van der Waals surface area (Å²) in [6.45, 7) is 0.423. The molecule has 0 aromatic carbocycles. The van der Waals surface area contributed by atoms with Crippen LogP contribution in [0.15, 0.2) is 33.2 Å². The lowest BCUT2D eigenvalue weighted by Gasteiger charge is -2.14. The van der Waals surface area contributed by atoms with E-state index in [1.54, 1.807) is 17.4 Å². The minimum Gasteiger partial charge on any atom is -0.396 e. The van der Waals surface area contributed by atoms with Gasteiger partial charge in [0.05, 0.1) is 4.34 Å². The third kappa shape index (κ3) is 4.77. The van der Waals surface area contributed by atoms with Crippen molar-refractivity contribution in [2.75, 3.05) is 13.2 Å². The predicted octanol–water partition coefficient (Wildman–Crippen LogP) is 3.30. The zero-order valence-corrected chi connectivity index (χ0v) is 14.4. The van der Waals surface area contributed by atoms with E-state index >= 15 is 0 Å². The van der Waals surface area contributed by atoms with Crippen molar-refractivity contribution in [3.63, 3.8) is 0 Å². The number of halogens is 1. The van der Waals surface area contributed by atoms with Crippen molar-refractivity contribution < 1.29 is 13.5 Å². The lowest BCUT2D eigenvalue weighted by molar-refractivity contribution is 0.273. The Morgan fingerprint density at radius 2 is 2.10 bits per heavy atom. The highest BCUT2D eigenvalue weighted by Gasteiger charge is 2.18. The third-order valence-electron chi connectivity index (χ3n) is 3.09. The second-order valence-electron chi connectivity index (χ2n) is 4.51. The molecule has 0 aliphatic carbocycles. The summed E-state index contributed by atoms with van der Waals surface area (Å²) in [5, 5.41) is 13.1. The average Bonchev–Trinajstić information content (AvgIpc) is 3.08. The van der Waals surface area contributed by atoms with Gasteiger partial charge in [-0.05, 0) is 53.3 Å². The fourth-order valence-electron chi connectivity index (χ4n) is 2.02. The van der Waals surface area contributed by atoms with Crippen molar-refractivity contribution in [1.82, 2.24) is 4.72 Å². The number of aliphatic hydroxyl groups is 1. The zero-order chi connectivity index (χ0) is 15.3. The second-order valence-corrected chi connectivity index (χ2v) is 9.00. The number of nitrogens with one attached hydrogen (secondary N) is 1. The van der Waals surface area contributed by atoms with Crippen LogP contribution >= 0.6 is 34.3 Å². The maximum absolute atomic E-state index is 12.1. The van der Waals surface area contributed by atoms with Gasteiger partial charge in [0, 0.05) is 13.2 Å². The molecule has 0 unspecified atom stereocenters. The first-order valence-electron chi connectivity index (χ1n) is 6.41. The van der Waals surface area contributed by atoms with Crippen LogP contribution in [0.5, 0.6) is 0 Å². The Hall–Kier alpha value is -0.440. The summed E-state index contributed by atoms with van der Waals surface area (Å²) in [6, 6.07) is 5.08. The molecular formula is C13H16ClNO3S3. The lowest BCUT2D eigenvalue weighted by Crippen LogP contribution is -2.25. The van der Waals surface area contributed by atoms with E-state index < -0.39 is 10.0 Å². The van der Waals surface area contributed by atoms with E-state index in [0.29, 0.717) is 23.7 Å². The van der Waals surface area contributed by atoms with Crippen LogP contribution in [0.25, 0.3) is 0 Å². The Morgan fingerprint density at radius 1 is 1.29 bits per heavy atom. The number of rotatable bonds is 8. The second kappa shape index (κ2) is 7.71. The molecule has 0 saturated heterocycles. The molecule has 2 aromatic heterocycles. The van der Waals surface area contributed by atoms with E-state index in [0.717, 1.165) is 16.9 Å². The van der Waals surface area contributed by atoms with Gasteiger partial charge in [0.2, 0.25) is 10.0 Å². The molecule has 0 fully saturated rings. The highest BCUT2D eigenvalue weighted by Crippen LogP contribution is 2.27. The monoisotopic (exact) mass is 365 g/mol. The molecule has 1 atom stereocenters. The van der Waals surface area contributed by atoms with Gasteiger partial charge in [-0.3, -0.25) is 0 Å². The summed E-state index contributed by atoms with van der Waals surface area (Å²) in [7, 11) is -3.49.